The number of carbonyl (C=O) groups is 1. The number of hydrogen-bond acceptors (Lipinski definition) is 4. The van der Waals surface area contributed by atoms with E-state index in [0.717, 1.165) is 30.8 Å². The predicted molar refractivity (Wildman–Crippen MR) is 115 cm³/mol. The Morgan fingerprint density at radius 1 is 1.25 bits per heavy atom. The maximum Gasteiger partial charge on any atom is 0.256 e. The van der Waals surface area contributed by atoms with E-state index in [4.69, 9.17) is 9.47 Å². The molecule has 158 valence electrons. The molecule has 0 radical (unpaired) electrons. The number of ether oxygens (including phenoxy) is 2. The molecule has 1 saturated heterocycles. The molecule has 0 saturated carbocycles. The van der Waals surface area contributed by atoms with E-state index in [0.29, 0.717) is 25.7 Å². The van der Waals surface area contributed by atoms with Gasteiger partial charge in [-0.05, 0) is 77.3 Å². The molecule has 1 aliphatic heterocycles. The van der Waals surface area contributed by atoms with Crippen LogP contribution >= 0.6 is 0 Å². The summed E-state index contributed by atoms with van der Waals surface area (Å²) < 4.78 is 11.6. The van der Waals surface area contributed by atoms with Crippen LogP contribution < -0.4 is 10.1 Å². The fourth-order valence-electron chi connectivity index (χ4n) is 3.89. The van der Waals surface area contributed by atoms with Crippen molar-refractivity contribution in [3.63, 3.8) is 0 Å². The summed E-state index contributed by atoms with van der Waals surface area (Å²) in [6.45, 7) is 11.7. The van der Waals surface area contributed by atoms with Crippen molar-refractivity contribution in [1.29, 1.82) is 0 Å². The Balaban J connectivity index is 1.77. The van der Waals surface area contributed by atoms with Gasteiger partial charge in [0.1, 0.15) is 11.4 Å². The highest BCUT2D eigenvalue weighted by Crippen LogP contribution is 2.22. The van der Waals surface area contributed by atoms with Crippen molar-refractivity contribution < 1.29 is 14.3 Å². The molecular formula is C23H38N2O3. The van der Waals surface area contributed by atoms with Gasteiger partial charge < -0.3 is 19.7 Å². The summed E-state index contributed by atoms with van der Waals surface area (Å²) in [7, 11) is 0. The third-order valence-corrected chi connectivity index (χ3v) is 5.58. The number of piperidine rings is 1. The Labute approximate surface area is 170 Å². The van der Waals surface area contributed by atoms with Gasteiger partial charge in [-0.3, -0.25) is 4.79 Å². The number of benzene rings is 1. The first kappa shape index (κ1) is 22.7. The topological polar surface area (TPSA) is 50.8 Å². The van der Waals surface area contributed by atoms with E-state index < -0.39 is 5.60 Å². The average molecular weight is 391 g/mol. The summed E-state index contributed by atoms with van der Waals surface area (Å²) in [5.41, 5.74) is -0.0221. The molecule has 1 aliphatic rings. The molecule has 2 rings (SSSR count). The van der Waals surface area contributed by atoms with E-state index in [-0.39, 0.29) is 5.91 Å². The molecule has 1 heterocycles. The van der Waals surface area contributed by atoms with Crippen LogP contribution in [0.1, 0.15) is 66.2 Å². The van der Waals surface area contributed by atoms with Gasteiger partial charge in [-0.25, -0.2) is 0 Å². The lowest BCUT2D eigenvalue weighted by Gasteiger charge is -2.33. The van der Waals surface area contributed by atoms with Gasteiger partial charge >= 0.3 is 0 Å². The van der Waals surface area contributed by atoms with Crippen LogP contribution in [0.25, 0.3) is 0 Å². The van der Waals surface area contributed by atoms with E-state index in [1.807, 2.05) is 38.1 Å². The molecule has 1 N–H and O–H groups in total. The summed E-state index contributed by atoms with van der Waals surface area (Å²) in [6, 6.07) is 8.30. The van der Waals surface area contributed by atoms with Crippen LogP contribution in [0.4, 0.5) is 5.69 Å². The molecule has 0 aliphatic carbocycles. The van der Waals surface area contributed by atoms with Crippen LogP contribution in [-0.2, 0) is 9.53 Å². The van der Waals surface area contributed by atoms with Crippen LogP contribution in [-0.4, -0.2) is 48.8 Å². The van der Waals surface area contributed by atoms with Gasteiger partial charge in [-0.15, -0.1) is 0 Å². The van der Waals surface area contributed by atoms with Crippen molar-refractivity contribution in [1.82, 2.24) is 4.90 Å². The molecule has 0 bridgehead atoms. The second kappa shape index (κ2) is 11.4. The number of nitrogens with one attached hydrogen (secondary N) is 1. The first-order valence-electron chi connectivity index (χ1n) is 10.9. The van der Waals surface area contributed by atoms with Gasteiger partial charge in [0.05, 0.1) is 6.61 Å². The molecule has 1 fully saturated rings. The highest BCUT2D eigenvalue weighted by atomic mass is 16.5. The first-order valence-corrected chi connectivity index (χ1v) is 10.9. The second-order valence-electron chi connectivity index (χ2n) is 7.98. The van der Waals surface area contributed by atoms with E-state index in [9.17, 15) is 4.79 Å². The minimum atomic E-state index is -0.787. The Morgan fingerprint density at radius 2 is 2.00 bits per heavy atom. The zero-order valence-electron chi connectivity index (χ0n) is 18.1. The van der Waals surface area contributed by atoms with Crippen LogP contribution in [0.15, 0.2) is 24.3 Å². The number of carbonyl (C=O) groups excluding carboxylic acids is 1. The lowest BCUT2D eigenvalue weighted by Crippen LogP contribution is -2.42. The van der Waals surface area contributed by atoms with Gasteiger partial charge in [-0.1, -0.05) is 19.8 Å². The third-order valence-electron chi connectivity index (χ3n) is 5.58. The summed E-state index contributed by atoms with van der Waals surface area (Å²) in [4.78, 5) is 15.2. The fourth-order valence-corrected chi connectivity index (χ4v) is 3.89. The molecule has 1 aromatic rings. The maximum absolute atomic E-state index is 12.6. The van der Waals surface area contributed by atoms with E-state index in [1.165, 1.54) is 25.8 Å². The summed E-state index contributed by atoms with van der Waals surface area (Å²) in [6.07, 6.45) is 6.62. The molecule has 0 unspecified atom stereocenters. The maximum atomic E-state index is 12.6. The quantitative estimate of drug-likeness (QED) is 0.548. The summed E-state index contributed by atoms with van der Waals surface area (Å²) in [5, 5.41) is 2.97. The van der Waals surface area contributed by atoms with Gasteiger partial charge in [0.15, 0.2) is 0 Å². The van der Waals surface area contributed by atoms with Crippen LogP contribution in [0.3, 0.4) is 0 Å². The number of rotatable bonds is 11. The van der Waals surface area contributed by atoms with Crippen LogP contribution in [0.5, 0.6) is 5.75 Å². The minimum Gasteiger partial charge on any atom is -0.494 e. The molecular weight excluding hydrogens is 352 g/mol. The van der Waals surface area contributed by atoms with Crippen molar-refractivity contribution in [2.45, 2.75) is 77.9 Å². The van der Waals surface area contributed by atoms with Gasteiger partial charge in [0, 0.05) is 24.9 Å². The van der Waals surface area contributed by atoms with Crippen LogP contribution in [0, 0.1) is 0 Å². The van der Waals surface area contributed by atoms with Crippen molar-refractivity contribution in [3.05, 3.63) is 24.3 Å². The van der Waals surface area contributed by atoms with Crippen molar-refractivity contribution in [2.75, 3.05) is 31.6 Å². The fraction of sp³-hybridized carbons (Fsp3) is 0.696. The predicted octanol–water partition coefficient (Wildman–Crippen LogP) is 4.86. The molecule has 5 nitrogen and oxygen atoms in total. The summed E-state index contributed by atoms with van der Waals surface area (Å²) in [5.74, 6) is 0.742. The normalized spacial score (nSPS) is 19.8. The number of amides is 1. The van der Waals surface area contributed by atoms with E-state index >= 15 is 0 Å². The molecule has 5 heteroatoms. The van der Waals surface area contributed by atoms with Gasteiger partial charge in [-0.2, -0.15) is 0 Å². The van der Waals surface area contributed by atoms with Crippen LogP contribution in [0.2, 0.25) is 0 Å². The Hall–Kier alpha value is -1.59. The number of nitrogens with zero attached hydrogens (tertiary/aromatic N) is 1. The minimum absolute atomic E-state index is 0.0967. The highest BCUT2D eigenvalue weighted by molar-refractivity contribution is 5.97. The lowest BCUT2D eigenvalue weighted by molar-refractivity contribution is -0.139. The number of hydrogen-bond donors (Lipinski definition) is 1. The largest absolute Gasteiger partial charge is 0.494 e. The molecule has 1 amide bonds. The molecule has 2 atom stereocenters. The Kier molecular flexibility index (Phi) is 9.26. The van der Waals surface area contributed by atoms with Gasteiger partial charge in [0.2, 0.25) is 0 Å². The van der Waals surface area contributed by atoms with Crippen molar-refractivity contribution >= 4 is 11.6 Å². The van der Waals surface area contributed by atoms with Crippen molar-refractivity contribution in [2.24, 2.45) is 0 Å². The molecule has 28 heavy (non-hydrogen) atoms. The van der Waals surface area contributed by atoms with Gasteiger partial charge in [0.25, 0.3) is 5.91 Å². The number of anilines is 1. The summed E-state index contributed by atoms with van der Waals surface area (Å²) >= 11 is 0. The van der Waals surface area contributed by atoms with E-state index in [2.05, 4.69) is 24.1 Å². The molecule has 0 spiro atoms. The lowest BCUT2D eigenvalue weighted by atomic mass is 9.99. The molecule has 1 aromatic carbocycles. The highest BCUT2D eigenvalue weighted by Gasteiger charge is 2.32. The second-order valence-corrected chi connectivity index (χ2v) is 7.98. The monoisotopic (exact) mass is 390 g/mol. The average Bonchev–Trinajstić information content (AvgIpc) is 2.68. The van der Waals surface area contributed by atoms with E-state index in [1.54, 1.807) is 0 Å². The third kappa shape index (κ3) is 6.78. The Bertz CT molecular complexity index is 582. The smallest absolute Gasteiger partial charge is 0.256 e. The Morgan fingerprint density at radius 3 is 2.64 bits per heavy atom. The number of likely N-dealkylation sites (tertiary alicyclic amines) is 1. The zero-order chi connectivity index (χ0) is 20.4. The SMILES string of the molecule is CCC[C@](C)(OCC)C(=O)Nc1ccc(OCCCN2CCCC[C@H]2C)cc1. The zero-order valence-corrected chi connectivity index (χ0v) is 18.1. The first-order chi connectivity index (χ1) is 13.5. The standard InChI is InChI=1S/C23H38N2O3/c1-5-15-23(4,28-6-2)22(26)24-20-11-13-21(14-12-20)27-18-9-17-25-16-8-7-10-19(25)3/h11-14,19H,5-10,15-18H2,1-4H3,(H,24,26)/t19-,23+/m1/s1. The molecule has 0 aromatic heterocycles. The van der Waals surface area contributed by atoms with Crippen molar-refractivity contribution in [3.8, 4) is 5.75 Å².